The van der Waals surface area contributed by atoms with E-state index in [1.807, 2.05) is 13.8 Å². The van der Waals surface area contributed by atoms with Crippen LogP contribution in [0.15, 0.2) is 12.4 Å². The van der Waals surface area contributed by atoms with Crippen LogP contribution in [-0.4, -0.2) is 21.6 Å². The van der Waals surface area contributed by atoms with Crippen molar-refractivity contribution in [2.75, 3.05) is 0 Å². The number of nitrogens with one attached hydrogen (secondary N) is 2. The molecule has 16 heavy (non-hydrogen) atoms. The SMILES string of the molecule is CC(C)(C)CC(C)(C)NC(=O)c1cn[nH]c1. The van der Waals surface area contributed by atoms with E-state index in [0.717, 1.165) is 6.42 Å². The zero-order chi connectivity index (χ0) is 12.4. The van der Waals surface area contributed by atoms with Gasteiger partial charge in [0.05, 0.1) is 11.8 Å². The topological polar surface area (TPSA) is 57.8 Å². The van der Waals surface area contributed by atoms with Crippen molar-refractivity contribution in [3.8, 4) is 0 Å². The summed E-state index contributed by atoms with van der Waals surface area (Å²) in [5.41, 5.74) is 0.543. The summed E-state index contributed by atoms with van der Waals surface area (Å²) < 4.78 is 0. The average molecular weight is 223 g/mol. The summed E-state index contributed by atoms with van der Waals surface area (Å²) in [5.74, 6) is -0.0806. The third-order valence-electron chi connectivity index (χ3n) is 2.18. The molecular formula is C12H21N3O. The Bertz CT molecular complexity index is 347. The quantitative estimate of drug-likeness (QED) is 0.826. The van der Waals surface area contributed by atoms with E-state index in [4.69, 9.17) is 0 Å². The van der Waals surface area contributed by atoms with Gasteiger partial charge in [0.25, 0.3) is 5.91 Å². The zero-order valence-electron chi connectivity index (χ0n) is 10.7. The molecule has 0 aliphatic rings. The van der Waals surface area contributed by atoms with E-state index < -0.39 is 0 Å². The van der Waals surface area contributed by atoms with Gasteiger partial charge in [-0.15, -0.1) is 0 Å². The van der Waals surface area contributed by atoms with E-state index in [1.54, 1.807) is 6.20 Å². The van der Waals surface area contributed by atoms with Crippen LogP contribution in [0, 0.1) is 5.41 Å². The van der Waals surface area contributed by atoms with E-state index in [-0.39, 0.29) is 16.9 Å². The molecule has 2 N–H and O–H groups in total. The highest BCUT2D eigenvalue weighted by atomic mass is 16.1. The Morgan fingerprint density at radius 1 is 1.38 bits per heavy atom. The minimum Gasteiger partial charge on any atom is -0.347 e. The van der Waals surface area contributed by atoms with Gasteiger partial charge in [0.1, 0.15) is 0 Å². The molecular weight excluding hydrogens is 202 g/mol. The third kappa shape index (κ3) is 4.04. The molecule has 0 aromatic carbocycles. The number of nitrogens with zero attached hydrogens (tertiary/aromatic N) is 1. The molecule has 1 heterocycles. The number of carbonyl (C=O) groups excluding carboxylic acids is 1. The molecule has 1 aromatic rings. The first-order chi connectivity index (χ1) is 7.20. The van der Waals surface area contributed by atoms with Crippen LogP contribution >= 0.6 is 0 Å². The summed E-state index contributed by atoms with van der Waals surface area (Å²) in [6.07, 6.45) is 4.05. The van der Waals surface area contributed by atoms with Crippen molar-refractivity contribution in [3.05, 3.63) is 18.0 Å². The van der Waals surface area contributed by atoms with Gasteiger partial charge in [-0.25, -0.2) is 0 Å². The van der Waals surface area contributed by atoms with Gasteiger partial charge in [0.15, 0.2) is 0 Å². The van der Waals surface area contributed by atoms with Crippen LogP contribution in [0.25, 0.3) is 0 Å². The molecule has 0 unspecified atom stereocenters. The Morgan fingerprint density at radius 3 is 2.44 bits per heavy atom. The summed E-state index contributed by atoms with van der Waals surface area (Å²) >= 11 is 0. The van der Waals surface area contributed by atoms with Crippen molar-refractivity contribution in [1.29, 1.82) is 0 Å². The van der Waals surface area contributed by atoms with Gasteiger partial charge in [-0.2, -0.15) is 5.10 Å². The highest BCUT2D eigenvalue weighted by Crippen LogP contribution is 2.26. The van der Waals surface area contributed by atoms with Crippen molar-refractivity contribution in [2.24, 2.45) is 5.41 Å². The van der Waals surface area contributed by atoms with Crippen LogP contribution in [0.4, 0.5) is 0 Å². The maximum atomic E-state index is 11.8. The normalized spacial score (nSPS) is 12.6. The first-order valence-electron chi connectivity index (χ1n) is 5.51. The van der Waals surface area contributed by atoms with Crippen LogP contribution in [0.5, 0.6) is 0 Å². The van der Waals surface area contributed by atoms with Gasteiger partial charge in [-0.3, -0.25) is 9.89 Å². The number of carbonyl (C=O) groups is 1. The largest absolute Gasteiger partial charge is 0.347 e. The lowest BCUT2D eigenvalue weighted by molar-refractivity contribution is 0.0891. The predicted molar refractivity (Wildman–Crippen MR) is 64.2 cm³/mol. The molecule has 0 fully saturated rings. The second-order valence-corrected chi connectivity index (χ2v) is 6.06. The Labute approximate surface area is 96.8 Å². The second-order valence-electron chi connectivity index (χ2n) is 6.06. The predicted octanol–water partition coefficient (Wildman–Crippen LogP) is 2.35. The lowest BCUT2D eigenvalue weighted by Gasteiger charge is -2.33. The molecule has 90 valence electrons. The molecule has 0 saturated heterocycles. The monoisotopic (exact) mass is 223 g/mol. The Hall–Kier alpha value is -1.32. The van der Waals surface area contributed by atoms with Crippen molar-refractivity contribution in [3.63, 3.8) is 0 Å². The standard InChI is InChI=1S/C12H21N3O/c1-11(2,3)8-12(4,5)15-10(16)9-6-13-14-7-9/h6-7H,8H2,1-5H3,(H,13,14)(H,15,16). The van der Waals surface area contributed by atoms with E-state index in [1.165, 1.54) is 6.20 Å². The molecule has 4 heteroatoms. The van der Waals surface area contributed by atoms with Gasteiger partial charge in [0.2, 0.25) is 0 Å². The number of aromatic nitrogens is 2. The Balaban J connectivity index is 2.63. The minimum absolute atomic E-state index is 0.0806. The number of amides is 1. The van der Waals surface area contributed by atoms with E-state index in [2.05, 4.69) is 36.3 Å². The zero-order valence-corrected chi connectivity index (χ0v) is 10.7. The van der Waals surface area contributed by atoms with Gasteiger partial charge >= 0.3 is 0 Å². The fourth-order valence-corrected chi connectivity index (χ4v) is 2.12. The molecule has 0 aliphatic heterocycles. The molecule has 1 aromatic heterocycles. The van der Waals surface area contributed by atoms with Crippen molar-refractivity contribution < 1.29 is 4.79 Å². The molecule has 4 nitrogen and oxygen atoms in total. The van der Waals surface area contributed by atoms with E-state index in [9.17, 15) is 4.79 Å². The third-order valence-corrected chi connectivity index (χ3v) is 2.18. The van der Waals surface area contributed by atoms with Crippen LogP contribution in [-0.2, 0) is 0 Å². The fourth-order valence-electron chi connectivity index (χ4n) is 2.12. The van der Waals surface area contributed by atoms with Crippen molar-refractivity contribution in [1.82, 2.24) is 15.5 Å². The number of rotatable bonds is 3. The molecule has 1 amide bonds. The summed E-state index contributed by atoms with van der Waals surface area (Å²) in [6, 6.07) is 0. The smallest absolute Gasteiger partial charge is 0.254 e. The molecule has 0 bridgehead atoms. The maximum absolute atomic E-state index is 11.8. The number of aromatic amines is 1. The summed E-state index contributed by atoms with van der Waals surface area (Å²) in [5, 5.41) is 9.41. The molecule has 0 saturated carbocycles. The van der Waals surface area contributed by atoms with Crippen LogP contribution < -0.4 is 5.32 Å². The van der Waals surface area contributed by atoms with Crippen LogP contribution in [0.1, 0.15) is 51.4 Å². The lowest BCUT2D eigenvalue weighted by Crippen LogP contribution is -2.45. The average Bonchev–Trinajstić information content (AvgIpc) is 2.48. The Morgan fingerprint density at radius 2 is 2.00 bits per heavy atom. The van der Waals surface area contributed by atoms with E-state index in [0.29, 0.717) is 5.56 Å². The molecule has 0 aliphatic carbocycles. The maximum Gasteiger partial charge on any atom is 0.254 e. The van der Waals surface area contributed by atoms with Gasteiger partial charge < -0.3 is 5.32 Å². The van der Waals surface area contributed by atoms with Gasteiger partial charge in [0, 0.05) is 11.7 Å². The summed E-state index contributed by atoms with van der Waals surface area (Å²) in [7, 11) is 0. The first kappa shape index (κ1) is 12.7. The molecule has 0 radical (unpaired) electrons. The van der Waals surface area contributed by atoms with Crippen LogP contribution in [0.3, 0.4) is 0 Å². The van der Waals surface area contributed by atoms with E-state index >= 15 is 0 Å². The molecule has 0 spiro atoms. The number of hydrogen-bond acceptors (Lipinski definition) is 2. The highest BCUT2D eigenvalue weighted by molar-refractivity contribution is 5.94. The summed E-state index contributed by atoms with van der Waals surface area (Å²) in [6.45, 7) is 10.6. The van der Waals surface area contributed by atoms with Gasteiger partial charge in [-0.1, -0.05) is 20.8 Å². The summed E-state index contributed by atoms with van der Waals surface area (Å²) in [4.78, 5) is 11.8. The first-order valence-corrected chi connectivity index (χ1v) is 5.51. The molecule has 0 atom stereocenters. The van der Waals surface area contributed by atoms with Crippen molar-refractivity contribution >= 4 is 5.91 Å². The van der Waals surface area contributed by atoms with Crippen LogP contribution in [0.2, 0.25) is 0 Å². The number of H-pyrrole nitrogens is 1. The Kier molecular flexibility index (Phi) is 3.41. The minimum atomic E-state index is -0.216. The number of hydrogen-bond donors (Lipinski definition) is 2. The second kappa shape index (κ2) is 4.28. The molecule has 1 rings (SSSR count). The highest BCUT2D eigenvalue weighted by Gasteiger charge is 2.27. The van der Waals surface area contributed by atoms with Gasteiger partial charge in [-0.05, 0) is 25.7 Å². The lowest BCUT2D eigenvalue weighted by atomic mass is 9.81. The fraction of sp³-hybridized carbons (Fsp3) is 0.667. The van der Waals surface area contributed by atoms with Crippen molar-refractivity contribution in [2.45, 2.75) is 46.6 Å².